The van der Waals surface area contributed by atoms with Gasteiger partial charge < -0.3 is 9.84 Å². The summed E-state index contributed by atoms with van der Waals surface area (Å²) in [7, 11) is 0. The maximum absolute atomic E-state index is 10.4. The third kappa shape index (κ3) is 1.70. The fraction of sp³-hybridized carbons (Fsp3) is 0.143. The Morgan fingerprint density at radius 1 is 1.06 bits per heavy atom. The van der Waals surface area contributed by atoms with Gasteiger partial charge in [-0.05, 0) is 17.2 Å². The van der Waals surface area contributed by atoms with Gasteiger partial charge in [0.2, 0.25) is 0 Å². The van der Waals surface area contributed by atoms with E-state index in [1.54, 1.807) is 6.07 Å². The molecule has 86 valence electrons. The molecule has 1 atom stereocenters. The first-order valence-corrected chi connectivity index (χ1v) is 5.82. The third-order valence-electron chi connectivity index (χ3n) is 3.01. The van der Waals surface area contributed by atoms with Gasteiger partial charge in [-0.15, -0.1) is 0 Å². The molecule has 1 aliphatic rings. The second kappa shape index (κ2) is 4.06. The highest BCUT2D eigenvalue weighted by atomic mass is 35.5. The molecule has 0 bridgehead atoms. The lowest BCUT2D eigenvalue weighted by molar-refractivity contribution is 0.218. The van der Waals surface area contributed by atoms with Crippen LogP contribution in [0.4, 0.5) is 0 Å². The molecule has 1 heterocycles. The normalized spacial score (nSPS) is 17.6. The van der Waals surface area contributed by atoms with Crippen LogP contribution in [0.15, 0.2) is 42.5 Å². The van der Waals surface area contributed by atoms with Crippen LogP contribution < -0.4 is 4.74 Å². The summed E-state index contributed by atoms with van der Waals surface area (Å²) in [6, 6.07) is 13.2. The van der Waals surface area contributed by atoms with Gasteiger partial charge in [0, 0.05) is 5.56 Å². The zero-order valence-corrected chi connectivity index (χ0v) is 9.82. The fourth-order valence-corrected chi connectivity index (χ4v) is 2.38. The maximum Gasteiger partial charge on any atom is 0.144 e. The van der Waals surface area contributed by atoms with Crippen LogP contribution in [-0.4, -0.2) is 5.11 Å². The Kier molecular flexibility index (Phi) is 2.54. The smallest absolute Gasteiger partial charge is 0.144 e. The lowest BCUT2D eigenvalue weighted by Crippen LogP contribution is -2.00. The molecule has 0 aromatic heterocycles. The van der Waals surface area contributed by atoms with Crippen LogP contribution >= 0.6 is 11.6 Å². The maximum atomic E-state index is 10.4. The second-order valence-corrected chi connectivity index (χ2v) is 4.46. The van der Waals surface area contributed by atoms with Crippen molar-refractivity contribution in [1.82, 2.24) is 0 Å². The van der Waals surface area contributed by atoms with Crippen molar-refractivity contribution in [3.63, 3.8) is 0 Å². The van der Waals surface area contributed by atoms with E-state index in [1.165, 1.54) is 0 Å². The molecule has 0 spiro atoms. The van der Waals surface area contributed by atoms with Crippen molar-refractivity contribution < 1.29 is 9.84 Å². The van der Waals surface area contributed by atoms with Crippen molar-refractivity contribution >= 4 is 11.6 Å². The van der Waals surface area contributed by atoms with Gasteiger partial charge in [0.1, 0.15) is 18.5 Å². The summed E-state index contributed by atoms with van der Waals surface area (Å²) in [5.41, 5.74) is 2.60. The van der Waals surface area contributed by atoms with Crippen LogP contribution in [0.3, 0.4) is 0 Å². The molecular formula is C14H11ClO2. The van der Waals surface area contributed by atoms with Gasteiger partial charge in [0.05, 0.1) is 5.02 Å². The zero-order chi connectivity index (χ0) is 11.8. The van der Waals surface area contributed by atoms with E-state index >= 15 is 0 Å². The first kappa shape index (κ1) is 10.6. The van der Waals surface area contributed by atoms with Crippen molar-refractivity contribution in [1.29, 1.82) is 0 Å². The molecule has 0 radical (unpaired) electrons. The van der Waals surface area contributed by atoms with Crippen LogP contribution in [0.1, 0.15) is 22.8 Å². The topological polar surface area (TPSA) is 29.5 Å². The van der Waals surface area contributed by atoms with Crippen molar-refractivity contribution in [3.05, 3.63) is 64.2 Å². The van der Waals surface area contributed by atoms with Gasteiger partial charge in [0.25, 0.3) is 0 Å². The minimum atomic E-state index is -0.678. The van der Waals surface area contributed by atoms with E-state index in [1.807, 2.05) is 36.4 Å². The molecule has 0 saturated carbocycles. The standard InChI is InChI=1S/C14H11ClO2/c15-12-7-3-6-11-13(16)10-5-2-1-4-9(10)8-17-14(11)12/h1-7,13,16H,8H2. The number of fused-ring (bicyclic) bond motifs is 2. The number of benzene rings is 2. The van der Waals surface area contributed by atoms with Gasteiger partial charge in [0.15, 0.2) is 0 Å². The van der Waals surface area contributed by atoms with Crippen molar-refractivity contribution in [2.75, 3.05) is 0 Å². The number of aliphatic hydroxyl groups is 1. The molecule has 2 aromatic rings. The van der Waals surface area contributed by atoms with E-state index in [2.05, 4.69) is 0 Å². The molecule has 0 amide bonds. The number of rotatable bonds is 0. The van der Waals surface area contributed by atoms with E-state index in [0.29, 0.717) is 17.4 Å². The Morgan fingerprint density at radius 2 is 1.82 bits per heavy atom. The largest absolute Gasteiger partial charge is 0.487 e. The molecule has 1 unspecified atom stereocenters. The molecule has 0 aliphatic carbocycles. The highest BCUT2D eigenvalue weighted by Crippen LogP contribution is 2.39. The summed E-state index contributed by atoms with van der Waals surface area (Å²) in [4.78, 5) is 0. The SMILES string of the molecule is OC1c2ccccc2COc2c(Cl)cccc21. The molecule has 2 aromatic carbocycles. The van der Waals surface area contributed by atoms with E-state index in [9.17, 15) is 5.11 Å². The average molecular weight is 247 g/mol. The van der Waals surface area contributed by atoms with Crippen molar-refractivity contribution in [3.8, 4) is 5.75 Å². The Hall–Kier alpha value is -1.51. The molecule has 1 N–H and O–H groups in total. The monoisotopic (exact) mass is 246 g/mol. The average Bonchev–Trinajstić information content (AvgIpc) is 2.50. The Bertz CT molecular complexity index is 566. The number of halogens is 1. The molecule has 17 heavy (non-hydrogen) atoms. The molecule has 3 rings (SSSR count). The number of hydrogen-bond donors (Lipinski definition) is 1. The van der Waals surface area contributed by atoms with Crippen molar-refractivity contribution in [2.24, 2.45) is 0 Å². The summed E-state index contributed by atoms with van der Waals surface area (Å²) < 4.78 is 5.68. The zero-order valence-electron chi connectivity index (χ0n) is 9.06. The Balaban J connectivity index is 2.20. The molecule has 1 aliphatic heterocycles. The number of para-hydroxylation sites is 1. The molecule has 2 nitrogen and oxygen atoms in total. The predicted octanol–water partition coefficient (Wildman–Crippen LogP) is 3.31. The van der Waals surface area contributed by atoms with Gasteiger partial charge in [-0.1, -0.05) is 48.0 Å². The van der Waals surface area contributed by atoms with E-state index in [4.69, 9.17) is 16.3 Å². The third-order valence-corrected chi connectivity index (χ3v) is 3.31. The summed E-state index contributed by atoms with van der Waals surface area (Å²) in [6.07, 6.45) is -0.678. The molecule has 3 heteroatoms. The van der Waals surface area contributed by atoms with Gasteiger partial charge in [-0.2, -0.15) is 0 Å². The van der Waals surface area contributed by atoms with E-state index in [-0.39, 0.29) is 0 Å². The first-order valence-electron chi connectivity index (χ1n) is 5.44. The van der Waals surface area contributed by atoms with Gasteiger partial charge in [-0.3, -0.25) is 0 Å². The number of ether oxygens (including phenoxy) is 1. The van der Waals surface area contributed by atoms with Gasteiger partial charge in [-0.25, -0.2) is 0 Å². The van der Waals surface area contributed by atoms with E-state index in [0.717, 1.165) is 16.7 Å². The first-order chi connectivity index (χ1) is 8.27. The molecule has 0 fully saturated rings. The fourth-order valence-electron chi connectivity index (χ4n) is 2.14. The number of hydrogen-bond acceptors (Lipinski definition) is 2. The molecule has 0 saturated heterocycles. The quantitative estimate of drug-likeness (QED) is 0.773. The van der Waals surface area contributed by atoms with Crippen molar-refractivity contribution in [2.45, 2.75) is 12.7 Å². The second-order valence-electron chi connectivity index (χ2n) is 4.05. The molecular weight excluding hydrogens is 236 g/mol. The predicted molar refractivity (Wildman–Crippen MR) is 66.3 cm³/mol. The van der Waals surface area contributed by atoms with Crippen LogP contribution in [0.25, 0.3) is 0 Å². The summed E-state index contributed by atoms with van der Waals surface area (Å²) >= 11 is 6.09. The van der Waals surface area contributed by atoms with Crippen LogP contribution in [0, 0.1) is 0 Å². The summed E-state index contributed by atoms with van der Waals surface area (Å²) in [6.45, 7) is 0.434. The summed E-state index contributed by atoms with van der Waals surface area (Å²) in [5, 5.41) is 10.9. The van der Waals surface area contributed by atoms with Crippen LogP contribution in [0.2, 0.25) is 5.02 Å². The number of aliphatic hydroxyl groups excluding tert-OH is 1. The Morgan fingerprint density at radius 3 is 2.71 bits per heavy atom. The minimum absolute atomic E-state index is 0.434. The lowest BCUT2D eigenvalue weighted by Gasteiger charge is -2.13. The Labute approximate surface area is 104 Å². The minimum Gasteiger partial charge on any atom is -0.487 e. The van der Waals surface area contributed by atoms with Crippen LogP contribution in [-0.2, 0) is 6.61 Å². The lowest BCUT2D eigenvalue weighted by atomic mass is 9.98. The van der Waals surface area contributed by atoms with Crippen LogP contribution in [0.5, 0.6) is 5.75 Å². The van der Waals surface area contributed by atoms with E-state index < -0.39 is 6.10 Å². The highest BCUT2D eigenvalue weighted by Gasteiger charge is 2.23. The highest BCUT2D eigenvalue weighted by molar-refractivity contribution is 6.32. The van der Waals surface area contributed by atoms with Gasteiger partial charge >= 0.3 is 0 Å². The summed E-state index contributed by atoms with van der Waals surface area (Å²) in [5.74, 6) is 0.581.